The van der Waals surface area contributed by atoms with E-state index >= 15 is 0 Å². The second-order valence-corrected chi connectivity index (χ2v) is 4.25. The lowest BCUT2D eigenvalue weighted by atomic mass is 9.98. The van der Waals surface area contributed by atoms with Crippen molar-refractivity contribution in [2.75, 3.05) is 5.32 Å². The molecule has 1 atom stereocenters. The van der Waals surface area contributed by atoms with Crippen LogP contribution >= 0.6 is 0 Å². The minimum atomic E-state index is -0.329. The lowest BCUT2D eigenvalue weighted by molar-refractivity contribution is -0.120. The van der Waals surface area contributed by atoms with Gasteiger partial charge in [0.25, 0.3) is 0 Å². The SMILES string of the molecule is CCCC[C@@H](CC)C(=O)Nc1cccc(F)c1. The molecule has 0 aliphatic carbocycles. The molecule has 2 nitrogen and oxygen atoms in total. The molecule has 0 aromatic heterocycles. The van der Waals surface area contributed by atoms with Gasteiger partial charge < -0.3 is 5.32 Å². The highest BCUT2D eigenvalue weighted by atomic mass is 19.1. The van der Waals surface area contributed by atoms with Gasteiger partial charge in [0.15, 0.2) is 0 Å². The van der Waals surface area contributed by atoms with Crippen LogP contribution in [0.1, 0.15) is 39.5 Å². The monoisotopic (exact) mass is 237 g/mol. The molecule has 3 heteroatoms. The number of benzene rings is 1. The van der Waals surface area contributed by atoms with E-state index in [-0.39, 0.29) is 17.6 Å². The van der Waals surface area contributed by atoms with Crippen molar-refractivity contribution in [3.8, 4) is 0 Å². The Balaban J connectivity index is 2.57. The lowest BCUT2D eigenvalue weighted by Gasteiger charge is -2.14. The molecule has 1 rings (SSSR count). The average molecular weight is 237 g/mol. The summed E-state index contributed by atoms with van der Waals surface area (Å²) in [5.41, 5.74) is 0.532. The Morgan fingerprint density at radius 3 is 2.76 bits per heavy atom. The van der Waals surface area contributed by atoms with E-state index in [2.05, 4.69) is 12.2 Å². The maximum absolute atomic E-state index is 13.0. The molecule has 0 fully saturated rings. The van der Waals surface area contributed by atoms with Crippen LogP contribution in [0.4, 0.5) is 10.1 Å². The Labute approximate surface area is 102 Å². The van der Waals surface area contributed by atoms with Crippen LogP contribution in [0.3, 0.4) is 0 Å². The first kappa shape index (κ1) is 13.7. The summed E-state index contributed by atoms with van der Waals surface area (Å²) in [4.78, 5) is 11.9. The average Bonchev–Trinajstić information content (AvgIpc) is 2.30. The van der Waals surface area contributed by atoms with Crippen molar-refractivity contribution in [3.63, 3.8) is 0 Å². The third-order valence-electron chi connectivity index (χ3n) is 2.86. The van der Waals surface area contributed by atoms with Gasteiger partial charge in [-0.25, -0.2) is 4.39 Å². The Morgan fingerprint density at radius 1 is 1.41 bits per heavy atom. The number of hydrogen-bond donors (Lipinski definition) is 1. The van der Waals surface area contributed by atoms with Crippen molar-refractivity contribution in [1.29, 1.82) is 0 Å². The van der Waals surface area contributed by atoms with Crippen LogP contribution < -0.4 is 5.32 Å². The van der Waals surface area contributed by atoms with Gasteiger partial charge in [0.2, 0.25) is 5.91 Å². The topological polar surface area (TPSA) is 29.1 Å². The Morgan fingerprint density at radius 2 is 2.18 bits per heavy atom. The molecule has 1 aromatic carbocycles. The number of anilines is 1. The second-order valence-electron chi connectivity index (χ2n) is 4.25. The van der Waals surface area contributed by atoms with E-state index in [4.69, 9.17) is 0 Å². The molecule has 0 bridgehead atoms. The number of rotatable bonds is 6. The molecule has 1 amide bonds. The molecule has 94 valence electrons. The summed E-state index contributed by atoms with van der Waals surface area (Å²) in [7, 11) is 0. The Hall–Kier alpha value is -1.38. The van der Waals surface area contributed by atoms with Gasteiger partial charge in [-0.1, -0.05) is 32.8 Å². The third kappa shape index (κ3) is 4.55. The number of carbonyl (C=O) groups excluding carboxylic acids is 1. The summed E-state index contributed by atoms with van der Waals surface area (Å²) >= 11 is 0. The van der Waals surface area contributed by atoms with Crippen LogP contribution in [0.15, 0.2) is 24.3 Å². The Bertz CT molecular complexity index is 365. The van der Waals surface area contributed by atoms with Crippen molar-refractivity contribution >= 4 is 11.6 Å². The summed E-state index contributed by atoms with van der Waals surface area (Å²) in [6.45, 7) is 4.11. The van der Waals surface area contributed by atoms with E-state index < -0.39 is 0 Å². The Kier molecular flexibility index (Phi) is 5.67. The van der Waals surface area contributed by atoms with Crippen LogP contribution in [0, 0.1) is 11.7 Å². The van der Waals surface area contributed by atoms with Gasteiger partial charge in [0.05, 0.1) is 0 Å². The fourth-order valence-electron chi connectivity index (χ4n) is 1.78. The quantitative estimate of drug-likeness (QED) is 0.796. The number of halogens is 1. The fraction of sp³-hybridized carbons (Fsp3) is 0.500. The summed E-state index contributed by atoms with van der Waals surface area (Å²) < 4.78 is 13.0. The van der Waals surface area contributed by atoms with Crippen molar-refractivity contribution in [3.05, 3.63) is 30.1 Å². The predicted octanol–water partition coefficient (Wildman–Crippen LogP) is 3.98. The maximum atomic E-state index is 13.0. The van der Waals surface area contributed by atoms with Crippen molar-refractivity contribution < 1.29 is 9.18 Å². The highest BCUT2D eigenvalue weighted by Gasteiger charge is 2.15. The lowest BCUT2D eigenvalue weighted by Crippen LogP contribution is -2.22. The summed E-state index contributed by atoms with van der Waals surface area (Å²) in [5, 5.41) is 2.76. The third-order valence-corrected chi connectivity index (χ3v) is 2.86. The highest BCUT2D eigenvalue weighted by Crippen LogP contribution is 2.16. The highest BCUT2D eigenvalue weighted by molar-refractivity contribution is 5.92. The standard InChI is InChI=1S/C14H20FNO/c1-3-5-7-11(4-2)14(17)16-13-9-6-8-12(15)10-13/h6,8-11H,3-5,7H2,1-2H3,(H,16,17)/t11-/m1/s1. The van der Waals surface area contributed by atoms with Crippen LogP contribution in [0.2, 0.25) is 0 Å². The first-order valence-corrected chi connectivity index (χ1v) is 6.23. The molecule has 17 heavy (non-hydrogen) atoms. The largest absolute Gasteiger partial charge is 0.326 e. The summed E-state index contributed by atoms with van der Waals surface area (Å²) in [5.74, 6) is -0.311. The zero-order valence-corrected chi connectivity index (χ0v) is 10.5. The predicted molar refractivity (Wildman–Crippen MR) is 68.3 cm³/mol. The zero-order valence-electron chi connectivity index (χ0n) is 10.5. The molecule has 0 heterocycles. The normalized spacial score (nSPS) is 12.2. The number of nitrogens with one attached hydrogen (secondary N) is 1. The van der Waals surface area contributed by atoms with Gasteiger partial charge in [0, 0.05) is 11.6 Å². The van der Waals surface area contributed by atoms with Crippen molar-refractivity contribution in [2.24, 2.45) is 5.92 Å². The molecule has 0 saturated heterocycles. The number of carbonyl (C=O) groups is 1. The molecule has 0 radical (unpaired) electrons. The molecule has 0 aliphatic heterocycles. The molecule has 1 aromatic rings. The van der Waals surface area contributed by atoms with Gasteiger partial charge in [-0.15, -0.1) is 0 Å². The number of hydrogen-bond acceptors (Lipinski definition) is 1. The summed E-state index contributed by atoms with van der Waals surface area (Å²) in [6.07, 6.45) is 3.86. The van der Waals surface area contributed by atoms with Crippen molar-refractivity contribution in [2.45, 2.75) is 39.5 Å². The van der Waals surface area contributed by atoms with Crippen LogP contribution in [0.5, 0.6) is 0 Å². The van der Waals surface area contributed by atoms with E-state index in [1.807, 2.05) is 6.92 Å². The first-order chi connectivity index (χ1) is 8.17. The van der Waals surface area contributed by atoms with Gasteiger partial charge in [-0.05, 0) is 31.0 Å². The first-order valence-electron chi connectivity index (χ1n) is 6.23. The molecule has 0 saturated carbocycles. The van der Waals surface area contributed by atoms with Crippen LogP contribution in [-0.4, -0.2) is 5.91 Å². The van der Waals surface area contributed by atoms with E-state index in [9.17, 15) is 9.18 Å². The molecule has 0 spiro atoms. The van der Waals surface area contributed by atoms with Gasteiger partial charge in [0.1, 0.15) is 5.82 Å². The zero-order chi connectivity index (χ0) is 12.7. The van der Waals surface area contributed by atoms with Gasteiger partial charge >= 0.3 is 0 Å². The number of unbranched alkanes of at least 4 members (excludes halogenated alkanes) is 1. The van der Waals surface area contributed by atoms with Crippen molar-refractivity contribution in [1.82, 2.24) is 0 Å². The molecule has 1 N–H and O–H groups in total. The fourth-order valence-corrected chi connectivity index (χ4v) is 1.78. The van der Waals surface area contributed by atoms with Gasteiger partial charge in [-0.2, -0.15) is 0 Å². The van der Waals surface area contributed by atoms with E-state index in [1.165, 1.54) is 12.1 Å². The number of amides is 1. The summed E-state index contributed by atoms with van der Waals surface area (Å²) in [6, 6.07) is 6.00. The minimum Gasteiger partial charge on any atom is -0.326 e. The molecule has 0 unspecified atom stereocenters. The van der Waals surface area contributed by atoms with Gasteiger partial charge in [-0.3, -0.25) is 4.79 Å². The molecular formula is C14H20FNO. The van der Waals surface area contributed by atoms with E-state index in [1.54, 1.807) is 12.1 Å². The minimum absolute atomic E-state index is 0.00782. The maximum Gasteiger partial charge on any atom is 0.227 e. The molecular weight excluding hydrogens is 217 g/mol. The second kappa shape index (κ2) is 7.05. The van der Waals surface area contributed by atoms with E-state index in [0.717, 1.165) is 25.7 Å². The van der Waals surface area contributed by atoms with Crippen LogP contribution in [0.25, 0.3) is 0 Å². The van der Waals surface area contributed by atoms with E-state index in [0.29, 0.717) is 5.69 Å². The smallest absolute Gasteiger partial charge is 0.227 e. The van der Waals surface area contributed by atoms with Crippen LogP contribution in [-0.2, 0) is 4.79 Å². The molecule has 0 aliphatic rings.